The fourth-order valence-corrected chi connectivity index (χ4v) is 10.2. The molecule has 2 spiro atoms. The molecule has 4 saturated carbocycles. The monoisotopic (exact) mass is 606 g/mol. The third-order valence-corrected chi connectivity index (χ3v) is 11.4. The van der Waals surface area contributed by atoms with Gasteiger partial charge in [0.25, 0.3) is 0 Å². The summed E-state index contributed by atoms with van der Waals surface area (Å²) in [6.45, 7) is 16.2. The Morgan fingerprint density at radius 2 is 1.43 bits per heavy atom. The van der Waals surface area contributed by atoms with Crippen molar-refractivity contribution >= 4 is 35.7 Å². The first-order valence-electron chi connectivity index (χ1n) is 15.2. The van der Waals surface area contributed by atoms with Crippen LogP contribution in [0.15, 0.2) is 48.6 Å². The minimum absolute atomic E-state index is 0.0657. The van der Waals surface area contributed by atoms with Gasteiger partial charge in [0, 0.05) is 55.9 Å². The lowest BCUT2D eigenvalue weighted by Gasteiger charge is -2.60. The highest BCUT2D eigenvalue weighted by atomic mass is 16.6. The summed E-state index contributed by atoms with van der Waals surface area (Å²) in [5, 5.41) is 0. The molecule has 236 valence electrons. The van der Waals surface area contributed by atoms with Gasteiger partial charge in [-0.15, -0.1) is 0 Å². The van der Waals surface area contributed by atoms with Crippen molar-refractivity contribution in [2.45, 2.75) is 92.1 Å². The number of fused-ring (bicyclic) bond motifs is 1. The van der Waals surface area contributed by atoms with E-state index in [2.05, 4.69) is 6.58 Å². The van der Waals surface area contributed by atoms with Crippen LogP contribution in [0, 0.1) is 33.5 Å². The zero-order valence-corrected chi connectivity index (χ0v) is 26.5. The van der Waals surface area contributed by atoms with Gasteiger partial charge in [0.1, 0.15) is 30.2 Å². The average molecular weight is 607 g/mol. The molecule has 4 fully saturated rings. The van der Waals surface area contributed by atoms with Gasteiger partial charge in [-0.2, -0.15) is 0 Å². The van der Waals surface area contributed by atoms with Gasteiger partial charge in [-0.3, -0.25) is 19.2 Å². The first-order chi connectivity index (χ1) is 20.6. The Bertz CT molecular complexity index is 1440. The van der Waals surface area contributed by atoms with Crippen molar-refractivity contribution in [1.82, 2.24) is 0 Å². The Balaban J connectivity index is 1.73. The van der Waals surface area contributed by atoms with Gasteiger partial charge in [0.05, 0.1) is 5.41 Å². The molecule has 4 aliphatic carbocycles. The summed E-state index contributed by atoms with van der Waals surface area (Å²) in [6, 6.07) is 9.34. The van der Waals surface area contributed by atoms with Gasteiger partial charge in [-0.05, 0) is 35.5 Å². The molecule has 0 aliphatic heterocycles. The van der Waals surface area contributed by atoms with Crippen LogP contribution in [-0.2, 0) is 42.9 Å². The second kappa shape index (κ2) is 10.7. The van der Waals surface area contributed by atoms with Crippen LogP contribution < -0.4 is 0 Å². The summed E-state index contributed by atoms with van der Waals surface area (Å²) in [5.41, 5.74) is -2.97. The molecule has 9 atom stereocenters. The Morgan fingerprint density at radius 3 is 2.02 bits per heavy atom. The van der Waals surface area contributed by atoms with Crippen LogP contribution in [0.25, 0.3) is 6.08 Å². The number of hydrogen-bond donors (Lipinski definition) is 0. The highest BCUT2D eigenvalue weighted by molar-refractivity contribution is 5.88. The van der Waals surface area contributed by atoms with Crippen molar-refractivity contribution in [3.05, 3.63) is 54.1 Å². The van der Waals surface area contributed by atoms with E-state index < -0.39 is 81.8 Å². The molecule has 5 rings (SSSR count). The molecule has 1 aromatic rings. The largest absolute Gasteiger partial charge is 0.461 e. The number of Topliss-reactive ketones (excluding diaryl/α,β-unsaturated/α-hetero) is 1. The van der Waals surface area contributed by atoms with E-state index in [1.54, 1.807) is 6.08 Å². The summed E-state index contributed by atoms with van der Waals surface area (Å²) >= 11 is 0. The molecule has 0 saturated heterocycles. The average Bonchev–Trinajstić information content (AvgIpc) is 3.18. The van der Waals surface area contributed by atoms with Gasteiger partial charge < -0.3 is 18.9 Å². The molecular formula is C35H42O9. The van der Waals surface area contributed by atoms with Crippen LogP contribution in [-0.4, -0.2) is 54.1 Å². The third-order valence-electron chi connectivity index (χ3n) is 11.4. The molecule has 0 heterocycles. The van der Waals surface area contributed by atoms with E-state index in [4.69, 9.17) is 18.9 Å². The summed E-state index contributed by atoms with van der Waals surface area (Å²) in [7, 11) is 0. The molecule has 0 N–H and O–H groups in total. The Labute approximate surface area is 258 Å². The predicted molar refractivity (Wildman–Crippen MR) is 159 cm³/mol. The van der Waals surface area contributed by atoms with Crippen molar-refractivity contribution < 1.29 is 42.9 Å². The molecule has 2 bridgehead atoms. The minimum atomic E-state index is -1.27. The maximum atomic E-state index is 13.9. The number of hydrogen-bond acceptors (Lipinski definition) is 9. The van der Waals surface area contributed by atoms with Crippen molar-refractivity contribution in [3.8, 4) is 0 Å². The van der Waals surface area contributed by atoms with Crippen LogP contribution in [0.2, 0.25) is 0 Å². The highest BCUT2D eigenvalue weighted by Crippen LogP contribution is 2.86. The van der Waals surface area contributed by atoms with E-state index in [-0.39, 0.29) is 12.2 Å². The molecule has 1 aromatic carbocycles. The number of esters is 4. The first kappa shape index (κ1) is 31.7. The topological polar surface area (TPSA) is 122 Å². The summed E-state index contributed by atoms with van der Waals surface area (Å²) < 4.78 is 24.5. The smallest absolute Gasteiger partial charge is 0.331 e. The standard InChI is InChI=1S/C35H42O9/c1-19-26(39)18-25-29(41-21(3)36)35-20(2)27(44-28(40)15-14-24-12-10-9-11-13-24)16-17-33(35,8)30(42-22(4)37)31(43-23(5)38)34(19,35)32(25,6)7/h9-15,19,25,27,29-31H,2,16-18H2,1,3-8H3/b15-14+/t19-,25-,27-,29+,30-,31-,33-,34+,35+/m0/s1. The molecule has 0 radical (unpaired) electrons. The zero-order valence-electron chi connectivity index (χ0n) is 26.5. The summed E-state index contributed by atoms with van der Waals surface area (Å²) in [4.78, 5) is 65.4. The van der Waals surface area contributed by atoms with E-state index in [1.165, 1.54) is 26.8 Å². The van der Waals surface area contributed by atoms with Gasteiger partial charge in [0.15, 0.2) is 0 Å². The number of ketones is 1. The number of benzene rings is 1. The van der Waals surface area contributed by atoms with E-state index in [0.717, 1.165) is 5.56 Å². The predicted octanol–water partition coefficient (Wildman–Crippen LogP) is 5.01. The molecular weight excluding hydrogens is 564 g/mol. The van der Waals surface area contributed by atoms with Crippen LogP contribution in [0.3, 0.4) is 0 Å². The van der Waals surface area contributed by atoms with Gasteiger partial charge in [-0.1, -0.05) is 64.6 Å². The fraction of sp³-hybridized carbons (Fsp3) is 0.571. The van der Waals surface area contributed by atoms with E-state index in [0.29, 0.717) is 18.4 Å². The van der Waals surface area contributed by atoms with Gasteiger partial charge >= 0.3 is 23.9 Å². The maximum absolute atomic E-state index is 13.9. The fourth-order valence-electron chi connectivity index (χ4n) is 10.2. The van der Waals surface area contributed by atoms with Crippen LogP contribution in [0.5, 0.6) is 0 Å². The molecule has 0 unspecified atom stereocenters. The van der Waals surface area contributed by atoms with Crippen molar-refractivity contribution in [3.63, 3.8) is 0 Å². The molecule has 0 aromatic heterocycles. The van der Waals surface area contributed by atoms with Crippen molar-refractivity contribution in [2.24, 2.45) is 33.5 Å². The second-order valence-electron chi connectivity index (χ2n) is 13.6. The van der Waals surface area contributed by atoms with Crippen LogP contribution >= 0.6 is 0 Å². The summed E-state index contributed by atoms with van der Waals surface area (Å²) in [6.07, 6.45) is 0.113. The number of carbonyl (C=O) groups excluding carboxylic acids is 5. The quantitative estimate of drug-likeness (QED) is 0.190. The lowest BCUT2D eigenvalue weighted by Crippen LogP contribution is -2.63. The van der Waals surface area contributed by atoms with Gasteiger partial charge in [-0.25, -0.2) is 4.79 Å². The number of ether oxygens (including phenoxy) is 4. The molecule has 0 amide bonds. The van der Waals surface area contributed by atoms with Crippen LogP contribution in [0.1, 0.15) is 73.3 Å². The molecule has 4 aliphatic rings. The molecule has 44 heavy (non-hydrogen) atoms. The van der Waals surface area contributed by atoms with Gasteiger partial charge in [0.2, 0.25) is 0 Å². The normalized spacial score (nSPS) is 38.4. The lowest BCUT2D eigenvalue weighted by atomic mass is 9.42. The minimum Gasteiger partial charge on any atom is -0.461 e. The first-order valence-corrected chi connectivity index (χ1v) is 15.2. The van der Waals surface area contributed by atoms with Crippen molar-refractivity contribution in [1.29, 1.82) is 0 Å². The number of carbonyl (C=O) groups is 5. The lowest BCUT2D eigenvalue weighted by molar-refractivity contribution is -0.194. The summed E-state index contributed by atoms with van der Waals surface area (Å²) in [5.74, 6) is -3.51. The van der Waals surface area contributed by atoms with E-state index in [9.17, 15) is 24.0 Å². The second-order valence-corrected chi connectivity index (χ2v) is 13.6. The number of rotatable bonds is 6. The molecule has 9 nitrogen and oxygen atoms in total. The van der Waals surface area contributed by atoms with E-state index in [1.807, 2.05) is 58.0 Å². The SMILES string of the molecule is C=C1[C@@H](OC(=O)/C=C/c2ccccc2)CC[C@@]2(C)[C@@H](OC(C)=O)[C@H](OC(C)=O)[C@@]34[C@@H](C)C(=O)C[C@@H]([C@@H](OC(C)=O)[C@@]132)C4(C)C. The van der Waals surface area contributed by atoms with E-state index >= 15 is 0 Å². The highest BCUT2D eigenvalue weighted by Gasteiger charge is 2.92. The Hall–Kier alpha value is -3.75. The Morgan fingerprint density at radius 1 is 0.864 bits per heavy atom. The van der Waals surface area contributed by atoms with Crippen LogP contribution in [0.4, 0.5) is 0 Å². The maximum Gasteiger partial charge on any atom is 0.331 e. The third kappa shape index (κ3) is 4.07. The Kier molecular flexibility index (Phi) is 7.70. The zero-order chi connectivity index (χ0) is 32.4. The molecule has 9 heteroatoms. The van der Waals surface area contributed by atoms with Crippen molar-refractivity contribution in [2.75, 3.05) is 0 Å².